The summed E-state index contributed by atoms with van der Waals surface area (Å²) in [5, 5.41) is 4.20. The zero-order valence-corrected chi connectivity index (χ0v) is 13.4. The van der Waals surface area contributed by atoms with Gasteiger partial charge in [0, 0.05) is 26.3 Å². The van der Waals surface area contributed by atoms with Crippen LogP contribution in [0.2, 0.25) is 0 Å². The Bertz CT molecular complexity index is 665. The molecule has 0 unspecified atom stereocenters. The summed E-state index contributed by atoms with van der Waals surface area (Å²) in [7, 11) is 1.82. The van der Waals surface area contributed by atoms with Gasteiger partial charge in [-0.25, -0.2) is 4.39 Å². The average Bonchev–Trinajstić information content (AvgIpc) is 3.00. The standard InChI is InChI=1S/C18H22FN3O/c1-21-12-10-17(20-21)18(23)22-11-2-3-15(13-22)5-4-14-6-8-16(19)9-7-14/h6-10,12,15H,2-5,11,13H2,1H3/t15-/m1/s1. The quantitative estimate of drug-likeness (QED) is 0.870. The molecule has 1 aliphatic rings. The number of hydrogen-bond acceptors (Lipinski definition) is 2. The predicted octanol–water partition coefficient (Wildman–Crippen LogP) is 3.04. The summed E-state index contributed by atoms with van der Waals surface area (Å²) in [5.41, 5.74) is 1.67. The van der Waals surface area contributed by atoms with Gasteiger partial charge < -0.3 is 4.90 Å². The Morgan fingerprint density at radius 2 is 2.09 bits per heavy atom. The normalized spacial score (nSPS) is 18.2. The van der Waals surface area contributed by atoms with E-state index in [0.29, 0.717) is 11.6 Å². The Labute approximate surface area is 135 Å². The second-order valence-electron chi connectivity index (χ2n) is 6.30. The fourth-order valence-electron chi connectivity index (χ4n) is 3.20. The molecule has 0 spiro atoms. The van der Waals surface area contributed by atoms with Crippen molar-refractivity contribution in [2.24, 2.45) is 13.0 Å². The molecule has 0 bridgehead atoms. The van der Waals surface area contributed by atoms with Crippen molar-refractivity contribution in [1.29, 1.82) is 0 Å². The molecular formula is C18H22FN3O. The number of rotatable bonds is 4. The molecule has 1 aromatic carbocycles. The first-order valence-electron chi connectivity index (χ1n) is 8.15. The van der Waals surface area contributed by atoms with E-state index >= 15 is 0 Å². The van der Waals surface area contributed by atoms with Crippen LogP contribution in [0, 0.1) is 11.7 Å². The molecule has 1 fully saturated rings. The van der Waals surface area contributed by atoms with Gasteiger partial charge in [0.05, 0.1) is 0 Å². The van der Waals surface area contributed by atoms with Crippen LogP contribution >= 0.6 is 0 Å². The summed E-state index contributed by atoms with van der Waals surface area (Å²) in [6.45, 7) is 1.60. The van der Waals surface area contributed by atoms with Crippen LogP contribution in [0.25, 0.3) is 0 Å². The lowest BCUT2D eigenvalue weighted by atomic mass is 9.91. The van der Waals surface area contributed by atoms with Gasteiger partial charge in [0.15, 0.2) is 0 Å². The van der Waals surface area contributed by atoms with Crippen molar-refractivity contribution >= 4 is 5.91 Å². The van der Waals surface area contributed by atoms with E-state index < -0.39 is 0 Å². The van der Waals surface area contributed by atoms with Gasteiger partial charge in [-0.1, -0.05) is 12.1 Å². The van der Waals surface area contributed by atoms with Gasteiger partial charge in [0.25, 0.3) is 5.91 Å². The maximum absolute atomic E-state index is 12.9. The van der Waals surface area contributed by atoms with Crippen LogP contribution in [0.5, 0.6) is 0 Å². The van der Waals surface area contributed by atoms with Crippen LogP contribution < -0.4 is 0 Å². The molecule has 4 nitrogen and oxygen atoms in total. The van der Waals surface area contributed by atoms with E-state index in [-0.39, 0.29) is 11.7 Å². The molecule has 1 amide bonds. The fourth-order valence-corrected chi connectivity index (χ4v) is 3.20. The van der Waals surface area contributed by atoms with Gasteiger partial charge in [0.2, 0.25) is 0 Å². The lowest BCUT2D eigenvalue weighted by Crippen LogP contribution is -2.40. The molecule has 0 N–H and O–H groups in total. The van der Waals surface area contributed by atoms with Crippen molar-refractivity contribution in [1.82, 2.24) is 14.7 Å². The molecule has 3 rings (SSSR count). The largest absolute Gasteiger partial charge is 0.337 e. The third-order valence-corrected chi connectivity index (χ3v) is 4.49. The number of nitrogens with zero attached hydrogens (tertiary/aromatic N) is 3. The first-order chi connectivity index (χ1) is 11.1. The van der Waals surface area contributed by atoms with Crippen LogP contribution in [-0.4, -0.2) is 33.7 Å². The lowest BCUT2D eigenvalue weighted by Gasteiger charge is -2.32. The van der Waals surface area contributed by atoms with Crippen molar-refractivity contribution in [3.8, 4) is 0 Å². The second-order valence-corrected chi connectivity index (χ2v) is 6.30. The van der Waals surface area contributed by atoms with Crippen molar-refractivity contribution in [3.05, 3.63) is 53.6 Å². The molecule has 1 aliphatic heterocycles. The van der Waals surface area contributed by atoms with E-state index in [0.717, 1.165) is 44.3 Å². The molecular weight excluding hydrogens is 293 g/mol. The summed E-state index contributed by atoms with van der Waals surface area (Å²) < 4.78 is 14.6. The van der Waals surface area contributed by atoms with Crippen LogP contribution in [-0.2, 0) is 13.5 Å². The third-order valence-electron chi connectivity index (χ3n) is 4.49. The Morgan fingerprint density at radius 1 is 1.30 bits per heavy atom. The number of aromatic nitrogens is 2. The third kappa shape index (κ3) is 3.97. The number of piperidine rings is 1. The van der Waals surface area contributed by atoms with Gasteiger partial charge in [-0.2, -0.15) is 5.10 Å². The highest BCUT2D eigenvalue weighted by Crippen LogP contribution is 2.22. The molecule has 0 saturated carbocycles. The molecule has 122 valence electrons. The van der Waals surface area contributed by atoms with Gasteiger partial charge in [0.1, 0.15) is 11.5 Å². The SMILES string of the molecule is Cn1ccc(C(=O)N2CCC[C@H](CCc3ccc(F)cc3)C2)n1. The van der Waals surface area contributed by atoms with Gasteiger partial charge in [-0.05, 0) is 55.4 Å². The van der Waals surface area contributed by atoms with E-state index in [9.17, 15) is 9.18 Å². The van der Waals surface area contributed by atoms with Gasteiger partial charge >= 0.3 is 0 Å². The number of likely N-dealkylation sites (tertiary alicyclic amines) is 1. The topological polar surface area (TPSA) is 38.1 Å². The molecule has 2 aromatic rings. The lowest BCUT2D eigenvalue weighted by molar-refractivity contribution is 0.0661. The van der Waals surface area contributed by atoms with Crippen LogP contribution in [0.15, 0.2) is 36.5 Å². The second kappa shape index (κ2) is 6.94. The van der Waals surface area contributed by atoms with E-state index in [2.05, 4.69) is 5.10 Å². The highest BCUT2D eigenvalue weighted by atomic mass is 19.1. The molecule has 2 heterocycles. The number of carbonyl (C=O) groups is 1. The van der Waals surface area contributed by atoms with E-state index in [4.69, 9.17) is 0 Å². The van der Waals surface area contributed by atoms with E-state index in [1.54, 1.807) is 16.9 Å². The summed E-state index contributed by atoms with van der Waals surface area (Å²) in [5.74, 6) is 0.331. The average molecular weight is 315 g/mol. The number of aryl methyl sites for hydroxylation is 2. The Balaban J connectivity index is 1.55. The molecule has 1 atom stereocenters. The number of benzene rings is 1. The molecule has 0 aliphatic carbocycles. The molecule has 23 heavy (non-hydrogen) atoms. The molecule has 1 saturated heterocycles. The zero-order valence-electron chi connectivity index (χ0n) is 13.4. The first kappa shape index (κ1) is 15.7. The van der Waals surface area contributed by atoms with Crippen LogP contribution in [0.1, 0.15) is 35.3 Å². The number of hydrogen-bond donors (Lipinski definition) is 0. The summed E-state index contributed by atoms with van der Waals surface area (Å²) in [6.07, 6.45) is 5.93. The fraction of sp³-hybridized carbons (Fsp3) is 0.444. The maximum Gasteiger partial charge on any atom is 0.274 e. The van der Waals surface area contributed by atoms with E-state index in [1.165, 1.54) is 12.1 Å². The smallest absolute Gasteiger partial charge is 0.274 e. The predicted molar refractivity (Wildman–Crippen MR) is 86.6 cm³/mol. The minimum Gasteiger partial charge on any atom is -0.337 e. The first-order valence-corrected chi connectivity index (χ1v) is 8.15. The molecule has 5 heteroatoms. The van der Waals surface area contributed by atoms with Crippen molar-refractivity contribution in [2.75, 3.05) is 13.1 Å². The van der Waals surface area contributed by atoms with Gasteiger partial charge in [-0.3, -0.25) is 9.48 Å². The minimum atomic E-state index is -0.196. The summed E-state index contributed by atoms with van der Waals surface area (Å²) in [6, 6.07) is 8.47. The Kier molecular flexibility index (Phi) is 4.74. The van der Waals surface area contributed by atoms with Gasteiger partial charge in [-0.15, -0.1) is 0 Å². The minimum absolute atomic E-state index is 0.0251. The monoisotopic (exact) mass is 315 g/mol. The summed E-state index contributed by atoms with van der Waals surface area (Å²) in [4.78, 5) is 14.4. The Hall–Kier alpha value is -2.17. The maximum atomic E-state index is 12.9. The zero-order chi connectivity index (χ0) is 16.2. The highest BCUT2D eigenvalue weighted by molar-refractivity contribution is 5.92. The van der Waals surface area contributed by atoms with Crippen molar-refractivity contribution in [3.63, 3.8) is 0 Å². The Morgan fingerprint density at radius 3 is 2.78 bits per heavy atom. The number of halogens is 1. The number of amides is 1. The molecule has 0 radical (unpaired) electrons. The summed E-state index contributed by atoms with van der Waals surface area (Å²) >= 11 is 0. The van der Waals surface area contributed by atoms with E-state index in [1.807, 2.05) is 24.1 Å². The van der Waals surface area contributed by atoms with Crippen molar-refractivity contribution < 1.29 is 9.18 Å². The van der Waals surface area contributed by atoms with Crippen molar-refractivity contribution in [2.45, 2.75) is 25.7 Å². The molecule has 1 aromatic heterocycles. The number of carbonyl (C=O) groups excluding carboxylic acids is 1. The van der Waals surface area contributed by atoms with Crippen LogP contribution in [0.4, 0.5) is 4.39 Å². The van der Waals surface area contributed by atoms with Crippen LogP contribution in [0.3, 0.4) is 0 Å². The highest BCUT2D eigenvalue weighted by Gasteiger charge is 2.25.